The van der Waals surface area contributed by atoms with E-state index in [4.69, 9.17) is 5.73 Å². The molecule has 1 aliphatic heterocycles. The predicted molar refractivity (Wildman–Crippen MR) is 76.4 cm³/mol. The zero-order valence-electron chi connectivity index (χ0n) is 9.65. The second-order valence-corrected chi connectivity index (χ2v) is 6.57. The van der Waals surface area contributed by atoms with Gasteiger partial charge in [0.25, 0.3) is 5.91 Å². The highest BCUT2D eigenvalue weighted by Crippen LogP contribution is 2.24. The van der Waals surface area contributed by atoms with Crippen LogP contribution in [0.3, 0.4) is 0 Å². The van der Waals surface area contributed by atoms with Crippen LogP contribution in [0.15, 0.2) is 22.7 Å². The van der Waals surface area contributed by atoms with Gasteiger partial charge in [0.05, 0.1) is 5.56 Å². The summed E-state index contributed by atoms with van der Waals surface area (Å²) in [5.41, 5.74) is 7.00. The lowest BCUT2D eigenvalue weighted by molar-refractivity contribution is 0.0762. The molecule has 0 saturated carbocycles. The van der Waals surface area contributed by atoms with Crippen molar-refractivity contribution in [3.63, 3.8) is 0 Å². The van der Waals surface area contributed by atoms with Crippen molar-refractivity contribution >= 4 is 39.3 Å². The maximum Gasteiger partial charge on any atom is 0.255 e. The number of nitrogen functional groups attached to an aromatic ring is 1. The average molecular weight is 315 g/mol. The molecule has 0 aromatic heterocycles. The van der Waals surface area contributed by atoms with E-state index in [0.717, 1.165) is 23.3 Å². The summed E-state index contributed by atoms with van der Waals surface area (Å²) in [6.07, 6.45) is 0. The Bertz CT molecular complexity index is 439. The number of halogens is 1. The first kappa shape index (κ1) is 12.8. The highest BCUT2D eigenvalue weighted by molar-refractivity contribution is 9.10. The minimum atomic E-state index is 0.0660. The Hall–Kier alpha value is -0.680. The van der Waals surface area contributed by atoms with E-state index in [0.29, 0.717) is 16.5 Å². The summed E-state index contributed by atoms with van der Waals surface area (Å²) in [6, 6.07) is 5.35. The van der Waals surface area contributed by atoms with E-state index >= 15 is 0 Å². The highest BCUT2D eigenvalue weighted by atomic mass is 79.9. The zero-order chi connectivity index (χ0) is 12.4. The second kappa shape index (κ2) is 5.31. The summed E-state index contributed by atoms with van der Waals surface area (Å²) in [5, 5.41) is 0.507. The second-order valence-electron chi connectivity index (χ2n) is 4.17. The number of thioether (sulfide) groups is 1. The molecule has 1 aromatic carbocycles. The van der Waals surface area contributed by atoms with Gasteiger partial charge in [-0.2, -0.15) is 11.8 Å². The average Bonchev–Trinajstić information content (AvgIpc) is 2.31. The third-order valence-corrected chi connectivity index (χ3v) is 4.58. The molecule has 0 radical (unpaired) electrons. The SMILES string of the molecule is CC1CN(C(=O)c2cc(N)ccc2Br)CCS1. The van der Waals surface area contributed by atoms with Crippen LogP contribution in [0.2, 0.25) is 0 Å². The predicted octanol–water partition coefficient (Wildman–Crippen LogP) is 2.61. The first-order valence-corrected chi connectivity index (χ1v) is 7.38. The van der Waals surface area contributed by atoms with Crippen LogP contribution in [0, 0.1) is 0 Å². The number of rotatable bonds is 1. The molecule has 1 fully saturated rings. The molecular formula is C12H15BrN2OS. The van der Waals surface area contributed by atoms with Gasteiger partial charge < -0.3 is 10.6 Å². The molecule has 2 N–H and O–H groups in total. The number of hydrogen-bond acceptors (Lipinski definition) is 3. The van der Waals surface area contributed by atoms with Crippen molar-refractivity contribution < 1.29 is 4.79 Å². The fourth-order valence-corrected chi connectivity index (χ4v) is 3.31. The van der Waals surface area contributed by atoms with Gasteiger partial charge in [0.15, 0.2) is 0 Å². The standard InChI is InChI=1S/C12H15BrN2OS/c1-8-7-15(4-5-17-8)12(16)10-6-9(14)2-3-11(10)13/h2-3,6,8H,4-5,7,14H2,1H3. The summed E-state index contributed by atoms with van der Waals surface area (Å²) in [6.45, 7) is 3.78. The molecular weight excluding hydrogens is 300 g/mol. The molecule has 0 aliphatic carbocycles. The lowest BCUT2D eigenvalue weighted by atomic mass is 10.1. The molecule has 1 saturated heterocycles. The number of nitrogens with zero attached hydrogens (tertiary/aromatic N) is 1. The third kappa shape index (κ3) is 2.96. The monoisotopic (exact) mass is 314 g/mol. The van der Waals surface area contributed by atoms with E-state index in [9.17, 15) is 4.79 Å². The van der Waals surface area contributed by atoms with Crippen LogP contribution in [0.25, 0.3) is 0 Å². The van der Waals surface area contributed by atoms with Crippen LogP contribution in [-0.4, -0.2) is 34.9 Å². The van der Waals surface area contributed by atoms with E-state index < -0.39 is 0 Å². The van der Waals surface area contributed by atoms with Crippen molar-refractivity contribution in [2.75, 3.05) is 24.6 Å². The summed E-state index contributed by atoms with van der Waals surface area (Å²) in [5.74, 6) is 1.07. The highest BCUT2D eigenvalue weighted by Gasteiger charge is 2.23. The van der Waals surface area contributed by atoms with E-state index in [2.05, 4.69) is 22.9 Å². The van der Waals surface area contributed by atoms with Crippen molar-refractivity contribution in [3.05, 3.63) is 28.2 Å². The Kier molecular flexibility index (Phi) is 3.99. The van der Waals surface area contributed by atoms with Crippen molar-refractivity contribution in [2.45, 2.75) is 12.2 Å². The van der Waals surface area contributed by atoms with Crippen molar-refractivity contribution in [1.82, 2.24) is 4.90 Å². The number of carbonyl (C=O) groups excluding carboxylic acids is 1. The van der Waals surface area contributed by atoms with E-state index in [1.165, 1.54) is 0 Å². The Labute approximate surface area is 114 Å². The van der Waals surface area contributed by atoms with E-state index in [-0.39, 0.29) is 5.91 Å². The normalized spacial score (nSPS) is 20.4. The van der Waals surface area contributed by atoms with Gasteiger partial charge >= 0.3 is 0 Å². The maximum atomic E-state index is 12.3. The summed E-state index contributed by atoms with van der Waals surface area (Å²) in [4.78, 5) is 14.3. The number of hydrogen-bond donors (Lipinski definition) is 1. The van der Waals surface area contributed by atoms with Crippen LogP contribution >= 0.6 is 27.7 Å². The molecule has 1 aliphatic rings. The lowest BCUT2D eigenvalue weighted by Gasteiger charge is -2.30. The van der Waals surface area contributed by atoms with Crippen LogP contribution < -0.4 is 5.73 Å². The van der Waals surface area contributed by atoms with Crippen molar-refractivity contribution in [2.24, 2.45) is 0 Å². The molecule has 1 heterocycles. The third-order valence-electron chi connectivity index (χ3n) is 2.75. The topological polar surface area (TPSA) is 46.3 Å². The molecule has 17 heavy (non-hydrogen) atoms. The number of benzene rings is 1. The van der Waals surface area contributed by atoms with Crippen LogP contribution in [-0.2, 0) is 0 Å². The molecule has 1 unspecified atom stereocenters. The minimum absolute atomic E-state index is 0.0660. The molecule has 0 bridgehead atoms. The quantitative estimate of drug-likeness (QED) is 0.810. The van der Waals surface area contributed by atoms with Crippen molar-refractivity contribution in [1.29, 1.82) is 0 Å². The fourth-order valence-electron chi connectivity index (χ4n) is 1.88. The van der Waals surface area contributed by atoms with Gasteiger partial charge in [-0.25, -0.2) is 0 Å². The summed E-state index contributed by atoms with van der Waals surface area (Å²) >= 11 is 5.32. The maximum absolute atomic E-state index is 12.3. The van der Waals surface area contributed by atoms with Gasteiger partial charge in [-0.1, -0.05) is 6.92 Å². The summed E-state index contributed by atoms with van der Waals surface area (Å²) in [7, 11) is 0. The van der Waals surface area contributed by atoms with Crippen LogP contribution in [0.5, 0.6) is 0 Å². The molecule has 0 spiro atoms. The van der Waals surface area contributed by atoms with Crippen molar-refractivity contribution in [3.8, 4) is 0 Å². The van der Waals surface area contributed by atoms with Gasteiger partial charge in [-0.15, -0.1) is 0 Å². The van der Waals surface area contributed by atoms with Crippen LogP contribution in [0.4, 0.5) is 5.69 Å². The van der Waals surface area contributed by atoms with Crippen LogP contribution in [0.1, 0.15) is 17.3 Å². The largest absolute Gasteiger partial charge is 0.399 e. The first-order chi connectivity index (χ1) is 8.08. The summed E-state index contributed by atoms with van der Waals surface area (Å²) < 4.78 is 0.808. The molecule has 5 heteroatoms. The molecule has 1 atom stereocenters. The van der Waals surface area contributed by atoms with Gasteiger partial charge in [-0.05, 0) is 34.1 Å². The molecule has 3 nitrogen and oxygen atoms in total. The fraction of sp³-hybridized carbons (Fsp3) is 0.417. The van der Waals surface area contributed by atoms with Gasteiger partial charge in [0, 0.05) is 34.3 Å². The zero-order valence-corrected chi connectivity index (χ0v) is 12.1. The van der Waals surface area contributed by atoms with Gasteiger partial charge in [0.1, 0.15) is 0 Å². The Morgan fingerprint density at radius 3 is 3.06 bits per heavy atom. The number of anilines is 1. The Morgan fingerprint density at radius 1 is 1.59 bits per heavy atom. The number of carbonyl (C=O) groups is 1. The number of nitrogens with two attached hydrogens (primary N) is 1. The lowest BCUT2D eigenvalue weighted by Crippen LogP contribution is -2.41. The molecule has 2 rings (SSSR count). The molecule has 1 aromatic rings. The Balaban J connectivity index is 2.21. The molecule has 92 valence electrons. The van der Waals surface area contributed by atoms with E-state index in [1.54, 1.807) is 12.1 Å². The van der Waals surface area contributed by atoms with Gasteiger partial charge in [0.2, 0.25) is 0 Å². The number of amides is 1. The minimum Gasteiger partial charge on any atom is -0.399 e. The smallest absolute Gasteiger partial charge is 0.255 e. The first-order valence-electron chi connectivity index (χ1n) is 5.54. The van der Waals surface area contributed by atoms with E-state index in [1.807, 2.05) is 22.7 Å². The molecule has 1 amide bonds. The van der Waals surface area contributed by atoms with Gasteiger partial charge in [-0.3, -0.25) is 4.79 Å². The Morgan fingerprint density at radius 2 is 2.35 bits per heavy atom.